The Bertz CT molecular complexity index is 1660. The normalized spacial score (nSPS) is 15.1. The van der Waals surface area contributed by atoms with E-state index in [0.717, 1.165) is 4.57 Å². The summed E-state index contributed by atoms with van der Waals surface area (Å²) in [6, 6.07) is 5.74. The minimum Gasteiger partial charge on any atom is -0.287 e. The zero-order valence-corrected chi connectivity index (χ0v) is 20.0. The van der Waals surface area contributed by atoms with Crippen molar-refractivity contribution in [3.8, 4) is 0 Å². The Balaban J connectivity index is 1.68. The zero-order valence-electron chi connectivity index (χ0n) is 19.2. The van der Waals surface area contributed by atoms with Crippen molar-refractivity contribution in [3.63, 3.8) is 0 Å². The van der Waals surface area contributed by atoms with Gasteiger partial charge in [-0.2, -0.15) is 10.2 Å². The van der Waals surface area contributed by atoms with Crippen LogP contribution in [0.15, 0.2) is 57.3 Å². The van der Waals surface area contributed by atoms with E-state index in [2.05, 4.69) is 14.9 Å². The highest BCUT2D eigenvalue weighted by Gasteiger charge is 2.46. The molecule has 184 valence electrons. The van der Waals surface area contributed by atoms with Gasteiger partial charge in [-0.25, -0.2) is 22.3 Å². The van der Waals surface area contributed by atoms with Gasteiger partial charge in [-0.3, -0.25) is 23.3 Å². The van der Waals surface area contributed by atoms with Crippen LogP contribution in [-0.4, -0.2) is 49.3 Å². The maximum Gasteiger partial charge on any atom is 0.332 e. The molecule has 13 heteroatoms. The smallest absolute Gasteiger partial charge is 0.287 e. The summed E-state index contributed by atoms with van der Waals surface area (Å²) in [4.78, 5) is 26.7. The second kappa shape index (κ2) is 8.27. The average molecular weight is 502 g/mol. The number of sulfonamides is 1. The monoisotopic (exact) mass is 501 g/mol. The van der Waals surface area contributed by atoms with Gasteiger partial charge < -0.3 is 0 Å². The summed E-state index contributed by atoms with van der Waals surface area (Å²) < 4.78 is 47.2. The summed E-state index contributed by atoms with van der Waals surface area (Å²) in [6.07, 6.45) is 5.81. The van der Waals surface area contributed by atoms with Crippen molar-refractivity contribution in [1.29, 1.82) is 0 Å². The molecule has 0 radical (unpaired) electrons. The number of benzene rings is 1. The number of aromatic nitrogens is 6. The van der Waals surface area contributed by atoms with E-state index in [4.69, 9.17) is 0 Å². The summed E-state index contributed by atoms with van der Waals surface area (Å²) in [6.45, 7) is -0.760. The molecule has 1 fully saturated rings. The lowest BCUT2D eigenvalue weighted by Crippen LogP contribution is -2.41. The quantitative estimate of drug-likeness (QED) is 0.375. The van der Waals surface area contributed by atoms with E-state index in [1.165, 1.54) is 22.8 Å². The lowest BCUT2D eigenvalue weighted by Gasteiger charge is -2.16. The Morgan fingerprint density at radius 3 is 2.46 bits per heavy atom. The molecule has 0 aliphatic heterocycles. The standard InChI is InChI=1S/C22H24FN7O4S/c1-27-8-5-16(25-27)13-29-19-4-3-17(35(33,34)26-22(14-23)6-7-22)9-18(19)20(31)30(21(29)32)12-15-10-24-28(2)11-15/h3-5,8-11,26H,6-7,12-14H2,1-2H3. The molecular weight excluding hydrogens is 477 g/mol. The van der Waals surface area contributed by atoms with Crippen molar-refractivity contribution in [3.05, 3.63) is 75.0 Å². The second-order valence-electron chi connectivity index (χ2n) is 8.96. The van der Waals surface area contributed by atoms with Crippen LogP contribution >= 0.6 is 0 Å². The Hall–Kier alpha value is -3.58. The van der Waals surface area contributed by atoms with Crippen LogP contribution in [0, 0.1) is 0 Å². The van der Waals surface area contributed by atoms with E-state index >= 15 is 0 Å². The molecule has 1 aliphatic carbocycles. The van der Waals surface area contributed by atoms with Gasteiger partial charge in [-0.05, 0) is 37.1 Å². The molecule has 3 aromatic heterocycles. The second-order valence-corrected chi connectivity index (χ2v) is 10.6. The molecule has 0 saturated heterocycles. The zero-order chi connectivity index (χ0) is 25.0. The predicted molar refractivity (Wildman–Crippen MR) is 125 cm³/mol. The van der Waals surface area contributed by atoms with Gasteiger partial charge in [0.05, 0.1) is 46.3 Å². The predicted octanol–water partition coefficient (Wildman–Crippen LogP) is 0.507. The molecule has 0 amide bonds. The molecule has 1 N–H and O–H groups in total. The Morgan fingerprint density at radius 2 is 1.86 bits per heavy atom. The third kappa shape index (κ3) is 4.32. The van der Waals surface area contributed by atoms with Crippen LogP contribution in [0.4, 0.5) is 4.39 Å². The highest BCUT2D eigenvalue weighted by Crippen LogP contribution is 2.37. The van der Waals surface area contributed by atoms with Crippen LogP contribution in [0.25, 0.3) is 10.9 Å². The minimum atomic E-state index is -4.08. The summed E-state index contributed by atoms with van der Waals surface area (Å²) in [5.41, 5.74) is -0.751. The first-order valence-electron chi connectivity index (χ1n) is 10.9. The van der Waals surface area contributed by atoms with Crippen LogP contribution < -0.4 is 16.0 Å². The molecule has 1 saturated carbocycles. The minimum absolute atomic E-state index is 0.0378. The number of alkyl halides is 1. The van der Waals surface area contributed by atoms with E-state index in [1.807, 2.05) is 0 Å². The molecule has 0 bridgehead atoms. The van der Waals surface area contributed by atoms with E-state index in [-0.39, 0.29) is 28.9 Å². The number of nitrogens with zero attached hydrogens (tertiary/aromatic N) is 6. The molecule has 1 aromatic carbocycles. The van der Waals surface area contributed by atoms with Crippen molar-refractivity contribution in [2.45, 2.75) is 36.4 Å². The molecule has 0 unspecified atom stereocenters. The lowest BCUT2D eigenvalue weighted by atomic mass is 10.2. The maximum absolute atomic E-state index is 13.4. The molecule has 0 spiro atoms. The summed E-state index contributed by atoms with van der Waals surface area (Å²) in [7, 11) is -0.603. The van der Waals surface area contributed by atoms with Gasteiger partial charge in [0.1, 0.15) is 6.67 Å². The SMILES string of the molecule is Cn1cc(Cn2c(=O)c3cc(S(=O)(=O)NC4(CF)CC4)ccc3n(Cc3ccn(C)n3)c2=O)cn1. The molecule has 35 heavy (non-hydrogen) atoms. The average Bonchev–Trinajstić information content (AvgIpc) is 3.26. The maximum atomic E-state index is 13.4. The van der Waals surface area contributed by atoms with Crippen molar-refractivity contribution >= 4 is 20.9 Å². The third-order valence-corrected chi connectivity index (χ3v) is 7.73. The number of hydrogen-bond acceptors (Lipinski definition) is 6. The fraction of sp³-hybridized carbons (Fsp3) is 0.364. The van der Waals surface area contributed by atoms with Crippen LogP contribution in [0.2, 0.25) is 0 Å². The number of nitrogens with one attached hydrogen (secondary N) is 1. The number of hydrogen-bond donors (Lipinski definition) is 1. The first-order chi connectivity index (χ1) is 16.6. The molecule has 4 aromatic rings. The highest BCUT2D eigenvalue weighted by atomic mass is 32.2. The van der Waals surface area contributed by atoms with Gasteiger partial charge in [0.25, 0.3) is 5.56 Å². The summed E-state index contributed by atoms with van der Waals surface area (Å²) >= 11 is 0. The number of fused-ring (bicyclic) bond motifs is 1. The van der Waals surface area contributed by atoms with E-state index in [0.29, 0.717) is 24.1 Å². The molecule has 5 rings (SSSR count). The van der Waals surface area contributed by atoms with Gasteiger partial charge in [0.2, 0.25) is 10.0 Å². The largest absolute Gasteiger partial charge is 0.332 e. The van der Waals surface area contributed by atoms with Crippen molar-refractivity contribution < 1.29 is 12.8 Å². The van der Waals surface area contributed by atoms with Crippen molar-refractivity contribution in [2.75, 3.05) is 6.67 Å². The third-order valence-electron chi connectivity index (χ3n) is 6.15. The van der Waals surface area contributed by atoms with Gasteiger partial charge in [0, 0.05) is 32.1 Å². The fourth-order valence-electron chi connectivity index (χ4n) is 4.07. The van der Waals surface area contributed by atoms with Crippen LogP contribution in [-0.2, 0) is 37.2 Å². The van der Waals surface area contributed by atoms with Crippen LogP contribution in [0.3, 0.4) is 0 Å². The van der Waals surface area contributed by atoms with Crippen LogP contribution in [0.1, 0.15) is 24.1 Å². The molecule has 11 nitrogen and oxygen atoms in total. The Kier molecular flexibility index (Phi) is 5.48. The van der Waals surface area contributed by atoms with Crippen molar-refractivity contribution in [1.82, 2.24) is 33.4 Å². The topological polar surface area (TPSA) is 126 Å². The van der Waals surface area contributed by atoms with E-state index < -0.39 is 33.5 Å². The first kappa shape index (κ1) is 23.2. The van der Waals surface area contributed by atoms with Gasteiger partial charge in [-0.1, -0.05) is 0 Å². The fourth-order valence-corrected chi connectivity index (χ4v) is 5.53. The Morgan fingerprint density at radius 1 is 1.09 bits per heavy atom. The lowest BCUT2D eigenvalue weighted by molar-refractivity contribution is 0.393. The van der Waals surface area contributed by atoms with Crippen molar-refractivity contribution in [2.24, 2.45) is 14.1 Å². The first-order valence-corrected chi connectivity index (χ1v) is 12.4. The molecular formula is C22H24FN7O4S. The highest BCUT2D eigenvalue weighted by molar-refractivity contribution is 7.89. The van der Waals surface area contributed by atoms with Crippen LogP contribution in [0.5, 0.6) is 0 Å². The molecule has 0 atom stereocenters. The van der Waals surface area contributed by atoms with Gasteiger partial charge >= 0.3 is 5.69 Å². The van der Waals surface area contributed by atoms with E-state index in [1.54, 1.807) is 48.1 Å². The molecule has 1 aliphatic rings. The number of halogens is 1. The van der Waals surface area contributed by atoms with Gasteiger partial charge in [0.15, 0.2) is 0 Å². The number of rotatable bonds is 8. The number of aryl methyl sites for hydroxylation is 2. The summed E-state index contributed by atoms with van der Waals surface area (Å²) in [5, 5.41) is 8.46. The van der Waals surface area contributed by atoms with E-state index in [9.17, 15) is 22.4 Å². The molecule has 3 heterocycles. The van der Waals surface area contributed by atoms with Gasteiger partial charge in [-0.15, -0.1) is 0 Å². The Labute approximate surface area is 199 Å². The summed E-state index contributed by atoms with van der Waals surface area (Å²) in [5.74, 6) is 0.